The molecule has 0 unspecified atom stereocenters. The van der Waals surface area contributed by atoms with Crippen LogP contribution in [0.5, 0.6) is 11.5 Å². The summed E-state index contributed by atoms with van der Waals surface area (Å²) in [5.74, 6) is 1.21. The summed E-state index contributed by atoms with van der Waals surface area (Å²) in [6.45, 7) is 0. The molecule has 0 aliphatic carbocycles. The fourth-order valence-electron chi connectivity index (χ4n) is 2.67. The summed E-state index contributed by atoms with van der Waals surface area (Å²) < 4.78 is 13.0. The van der Waals surface area contributed by atoms with E-state index in [0.29, 0.717) is 22.2 Å². The van der Waals surface area contributed by atoms with E-state index in [1.807, 2.05) is 12.1 Å². The SMILES string of the molecule is COc1cccc(-c2nc(-c3c(N)n(C)c(=O)n(C)c3=O)cs2)c1OC. The van der Waals surface area contributed by atoms with Crippen LogP contribution in [0.1, 0.15) is 0 Å². The van der Waals surface area contributed by atoms with Gasteiger partial charge in [-0.15, -0.1) is 11.3 Å². The Balaban J connectivity index is 2.20. The van der Waals surface area contributed by atoms with Gasteiger partial charge in [0.05, 0.1) is 25.5 Å². The number of rotatable bonds is 4. The summed E-state index contributed by atoms with van der Waals surface area (Å²) in [6.07, 6.45) is 0. The van der Waals surface area contributed by atoms with E-state index >= 15 is 0 Å². The number of thiazole rings is 1. The number of nitrogens with zero attached hydrogens (tertiary/aromatic N) is 3. The molecule has 2 aromatic heterocycles. The van der Waals surface area contributed by atoms with Crippen molar-refractivity contribution in [2.75, 3.05) is 20.0 Å². The van der Waals surface area contributed by atoms with Crippen molar-refractivity contribution in [3.8, 4) is 33.3 Å². The van der Waals surface area contributed by atoms with Gasteiger partial charge >= 0.3 is 5.69 Å². The van der Waals surface area contributed by atoms with Gasteiger partial charge in [-0.05, 0) is 12.1 Å². The predicted octanol–water partition coefficient (Wildman–Crippen LogP) is 1.47. The highest BCUT2D eigenvalue weighted by atomic mass is 32.1. The Hall–Kier alpha value is -3.07. The molecule has 0 fully saturated rings. The van der Waals surface area contributed by atoms with Gasteiger partial charge in [-0.25, -0.2) is 9.78 Å². The molecule has 8 nitrogen and oxygen atoms in total. The molecular weight excluding hydrogens is 356 g/mol. The lowest BCUT2D eigenvalue weighted by atomic mass is 10.2. The maximum atomic E-state index is 12.5. The van der Waals surface area contributed by atoms with Crippen LogP contribution >= 0.6 is 11.3 Å². The first kappa shape index (κ1) is 17.7. The van der Waals surface area contributed by atoms with Crippen LogP contribution in [-0.4, -0.2) is 28.3 Å². The standard InChI is InChI=1S/C17H18N4O4S/c1-20-14(18)12(16(22)21(2)17(20)23)10-8-26-15(19-10)9-6-5-7-11(24-3)13(9)25-4/h5-8H,18H2,1-4H3. The molecule has 136 valence electrons. The molecule has 2 heterocycles. The quantitative estimate of drug-likeness (QED) is 0.742. The van der Waals surface area contributed by atoms with E-state index in [1.165, 1.54) is 30.0 Å². The second-order valence-electron chi connectivity index (χ2n) is 5.54. The maximum Gasteiger partial charge on any atom is 0.332 e. The van der Waals surface area contributed by atoms with Crippen molar-refractivity contribution in [2.45, 2.75) is 0 Å². The fraction of sp³-hybridized carbons (Fsp3) is 0.235. The number of nitrogen functional groups attached to an aromatic ring is 1. The van der Waals surface area contributed by atoms with Gasteiger partial charge in [0.1, 0.15) is 16.4 Å². The summed E-state index contributed by atoms with van der Waals surface area (Å²) in [6, 6.07) is 5.47. The highest BCUT2D eigenvalue weighted by Crippen LogP contribution is 2.40. The van der Waals surface area contributed by atoms with Crippen molar-refractivity contribution < 1.29 is 9.47 Å². The molecule has 9 heteroatoms. The first-order valence-corrected chi connectivity index (χ1v) is 8.51. The lowest BCUT2D eigenvalue weighted by Crippen LogP contribution is -2.39. The van der Waals surface area contributed by atoms with E-state index in [1.54, 1.807) is 25.7 Å². The molecule has 3 aromatic rings. The number of anilines is 1. The lowest BCUT2D eigenvalue weighted by Gasteiger charge is -2.11. The van der Waals surface area contributed by atoms with Gasteiger partial charge in [-0.1, -0.05) is 6.07 Å². The third kappa shape index (κ3) is 2.66. The van der Waals surface area contributed by atoms with Crippen molar-refractivity contribution in [3.05, 3.63) is 44.4 Å². The first-order valence-electron chi connectivity index (χ1n) is 7.63. The van der Waals surface area contributed by atoms with Crippen molar-refractivity contribution in [1.29, 1.82) is 0 Å². The smallest absolute Gasteiger partial charge is 0.332 e. The monoisotopic (exact) mass is 374 g/mol. The van der Waals surface area contributed by atoms with Crippen LogP contribution in [0.3, 0.4) is 0 Å². The Morgan fingerprint density at radius 3 is 2.50 bits per heavy atom. The number of methoxy groups -OCH3 is 2. The van der Waals surface area contributed by atoms with Gasteiger partial charge < -0.3 is 15.2 Å². The number of hydrogen-bond donors (Lipinski definition) is 1. The molecule has 0 saturated carbocycles. The zero-order valence-electron chi connectivity index (χ0n) is 14.8. The number of benzene rings is 1. The van der Waals surface area contributed by atoms with Gasteiger partial charge in [0.2, 0.25) is 0 Å². The predicted molar refractivity (Wildman–Crippen MR) is 101 cm³/mol. The lowest BCUT2D eigenvalue weighted by molar-refractivity contribution is 0.356. The minimum atomic E-state index is -0.486. The second-order valence-corrected chi connectivity index (χ2v) is 6.40. The fourth-order valence-corrected chi connectivity index (χ4v) is 3.50. The number of aromatic nitrogens is 3. The van der Waals surface area contributed by atoms with Crippen LogP contribution in [0.15, 0.2) is 33.2 Å². The van der Waals surface area contributed by atoms with Crippen LogP contribution in [-0.2, 0) is 14.1 Å². The summed E-state index contributed by atoms with van der Waals surface area (Å²) >= 11 is 1.34. The van der Waals surface area contributed by atoms with Gasteiger partial charge in [-0.2, -0.15) is 0 Å². The van der Waals surface area contributed by atoms with Gasteiger partial charge in [-0.3, -0.25) is 13.9 Å². The molecule has 0 bridgehead atoms. The average Bonchev–Trinajstić information content (AvgIpc) is 3.13. The van der Waals surface area contributed by atoms with Crippen molar-refractivity contribution in [1.82, 2.24) is 14.1 Å². The van der Waals surface area contributed by atoms with Gasteiger partial charge in [0.15, 0.2) is 11.5 Å². The Morgan fingerprint density at radius 1 is 1.12 bits per heavy atom. The van der Waals surface area contributed by atoms with Gasteiger partial charge in [0, 0.05) is 19.5 Å². The van der Waals surface area contributed by atoms with E-state index in [4.69, 9.17) is 15.2 Å². The second kappa shape index (κ2) is 6.68. The zero-order valence-corrected chi connectivity index (χ0v) is 15.6. The van der Waals surface area contributed by atoms with Crippen LogP contribution < -0.4 is 26.5 Å². The Morgan fingerprint density at radius 2 is 1.85 bits per heavy atom. The molecule has 2 N–H and O–H groups in total. The molecule has 1 aromatic carbocycles. The molecule has 0 saturated heterocycles. The molecule has 0 atom stereocenters. The maximum absolute atomic E-state index is 12.5. The van der Waals surface area contributed by atoms with Crippen LogP contribution in [0.25, 0.3) is 21.8 Å². The summed E-state index contributed by atoms with van der Waals surface area (Å²) in [7, 11) is 6.03. The van der Waals surface area contributed by atoms with E-state index in [9.17, 15) is 9.59 Å². The molecule has 0 spiro atoms. The summed E-state index contributed by atoms with van der Waals surface area (Å²) in [5, 5.41) is 2.37. The van der Waals surface area contributed by atoms with Crippen molar-refractivity contribution >= 4 is 17.2 Å². The Labute approximate surface area is 153 Å². The first-order chi connectivity index (χ1) is 12.4. The number of hydrogen-bond acceptors (Lipinski definition) is 7. The number of nitrogens with two attached hydrogens (primary N) is 1. The molecule has 0 aliphatic heterocycles. The molecule has 0 aliphatic rings. The third-order valence-corrected chi connectivity index (χ3v) is 4.98. The minimum Gasteiger partial charge on any atom is -0.493 e. The minimum absolute atomic E-state index is 0.0764. The van der Waals surface area contributed by atoms with E-state index in [0.717, 1.165) is 10.1 Å². The highest BCUT2D eigenvalue weighted by molar-refractivity contribution is 7.13. The Bertz CT molecular complexity index is 1100. The van der Waals surface area contributed by atoms with E-state index < -0.39 is 11.2 Å². The third-order valence-electron chi connectivity index (χ3n) is 4.10. The van der Waals surface area contributed by atoms with Crippen LogP contribution in [0.2, 0.25) is 0 Å². The molecule has 0 amide bonds. The zero-order chi connectivity index (χ0) is 19.0. The van der Waals surface area contributed by atoms with E-state index in [-0.39, 0.29) is 11.4 Å². The Kier molecular flexibility index (Phi) is 4.56. The van der Waals surface area contributed by atoms with Crippen molar-refractivity contribution in [3.63, 3.8) is 0 Å². The van der Waals surface area contributed by atoms with E-state index in [2.05, 4.69) is 4.98 Å². The largest absolute Gasteiger partial charge is 0.493 e. The van der Waals surface area contributed by atoms with Crippen molar-refractivity contribution in [2.24, 2.45) is 14.1 Å². The van der Waals surface area contributed by atoms with Crippen LogP contribution in [0.4, 0.5) is 5.82 Å². The molecule has 3 rings (SSSR count). The molecular formula is C17H18N4O4S. The summed E-state index contributed by atoms with van der Waals surface area (Å²) in [4.78, 5) is 29.0. The van der Waals surface area contributed by atoms with Gasteiger partial charge in [0.25, 0.3) is 5.56 Å². The number of ether oxygens (including phenoxy) is 2. The summed E-state index contributed by atoms with van der Waals surface area (Å²) in [5.41, 5.74) is 6.37. The average molecular weight is 374 g/mol. The normalized spacial score (nSPS) is 10.8. The molecule has 26 heavy (non-hydrogen) atoms. The topological polar surface area (TPSA) is 101 Å². The molecule has 0 radical (unpaired) electrons. The highest BCUT2D eigenvalue weighted by Gasteiger charge is 2.20. The van der Waals surface area contributed by atoms with Crippen LogP contribution in [0, 0.1) is 0 Å². The number of para-hydroxylation sites is 1.